The van der Waals surface area contributed by atoms with Crippen LogP contribution < -0.4 is 20.1 Å². The molecular weight excluding hydrogens is 425 g/mol. The molecule has 10 heteroatoms. The quantitative estimate of drug-likeness (QED) is 0.633. The summed E-state index contributed by atoms with van der Waals surface area (Å²) in [5.41, 5.74) is 1.62. The molecule has 3 heterocycles. The number of fused-ring (bicyclic) bond motifs is 2. The number of alkyl halides is 3. The van der Waals surface area contributed by atoms with Gasteiger partial charge in [0, 0.05) is 18.7 Å². The van der Waals surface area contributed by atoms with E-state index in [0.29, 0.717) is 17.1 Å². The fourth-order valence-corrected chi connectivity index (χ4v) is 3.92. The first-order valence-electron chi connectivity index (χ1n) is 10.1. The van der Waals surface area contributed by atoms with Gasteiger partial charge in [0.1, 0.15) is 17.1 Å². The van der Waals surface area contributed by atoms with E-state index in [1.807, 2.05) is 0 Å². The molecule has 0 bridgehead atoms. The maximum atomic E-state index is 13.6. The number of nitrogens with one attached hydrogen (secondary N) is 2. The van der Waals surface area contributed by atoms with Crippen LogP contribution in [0.1, 0.15) is 28.4 Å². The number of carbonyl (C=O) groups excluding carboxylic acids is 1. The molecule has 1 amide bonds. The number of hydrogen-bond acceptors (Lipinski definition) is 5. The second-order valence-electron chi connectivity index (χ2n) is 7.53. The first-order chi connectivity index (χ1) is 15.4. The number of aromatic nitrogens is 2. The van der Waals surface area contributed by atoms with Crippen LogP contribution in [-0.2, 0) is 6.54 Å². The van der Waals surface area contributed by atoms with E-state index in [-0.39, 0.29) is 43.4 Å². The lowest BCUT2D eigenvalue weighted by molar-refractivity contribution is -0.171. The van der Waals surface area contributed by atoms with Gasteiger partial charge in [-0.15, -0.1) is 0 Å². The third-order valence-corrected chi connectivity index (χ3v) is 5.46. The van der Waals surface area contributed by atoms with E-state index >= 15 is 0 Å². The van der Waals surface area contributed by atoms with Crippen molar-refractivity contribution in [2.45, 2.75) is 25.2 Å². The third-order valence-electron chi connectivity index (χ3n) is 5.46. The highest BCUT2D eigenvalue weighted by Gasteiger charge is 2.45. The summed E-state index contributed by atoms with van der Waals surface area (Å²) < 4.78 is 52.4. The lowest BCUT2D eigenvalue weighted by Gasteiger charge is -2.27. The largest absolute Gasteiger partial charge is 0.454 e. The summed E-state index contributed by atoms with van der Waals surface area (Å²) in [5, 5.41) is 9.97. The molecule has 2 N–H and O–H groups in total. The van der Waals surface area contributed by atoms with Gasteiger partial charge in [-0.1, -0.05) is 36.4 Å². The van der Waals surface area contributed by atoms with E-state index in [4.69, 9.17) is 9.47 Å². The minimum absolute atomic E-state index is 0.0700. The Hall–Kier alpha value is -3.69. The maximum Gasteiger partial charge on any atom is 0.410 e. The highest BCUT2D eigenvalue weighted by molar-refractivity contribution is 6.04. The van der Waals surface area contributed by atoms with Crippen molar-refractivity contribution in [1.82, 2.24) is 15.1 Å². The Morgan fingerprint density at radius 2 is 1.94 bits per heavy atom. The number of anilines is 1. The van der Waals surface area contributed by atoms with Gasteiger partial charge in [-0.3, -0.25) is 4.79 Å². The molecule has 0 spiro atoms. The van der Waals surface area contributed by atoms with Gasteiger partial charge in [0.25, 0.3) is 5.91 Å². The van der Waals surface area contributed by atoms with Crippen LogP contribution in [0.3, 0.4) is 0 Å². The molecule has 1 aromatic heterocycles. The van der Waals surface area contributed by atoms with Crippen LogP contribution >= 0.6 is 0 Å². The zero-order valence-electron chi connectivity index (χ0n) is 16.8. The number of rotatable bonds is 4. The summed E-state index contributed by atoms with van der Waals surface area (Å²) in [6.45, 7) is 0.393. The Morgan fingerprint density at radius 1 is 1.16 bits per heavy atom. The van der Waals surface area contributed by atoms with Crippen molar-refractivity contribution in [2.24, 2.45) is 0 Å². The average molecular weight is 444 g/mol. The third kappa shape index (κ3) is 3.61. The fraction of sp³-hybridized carbons (Fsp3) is 0.273. The monoisotopic (exact) mass is 444 g/mol. The number of amides is 1. The van der Waals surface area contributed by atoms with Gasteiger partial charge < -0.3 is 20.1 Å². The van der Waals surface area contributed by atoms with Gasteiger partial charge in [-0.05, 0) is 24.1 Å². The Morgan fingerprint density at radius 3 is 2.72 bits per heavy atom. The SMILES string of the molecule is O=C(NCc1ccc2c(c1)OCO2)c1c(-c2ccccc2)nn2c1NCCC2C(F)(F)F. The van der Waals surface area contributed by atoms with Crippen LogP contribution in [0.2, 0.25) is 0 Å². The van der Waals surface area contributed by atoms with Crippen molar-refractivity contribution in [3.63, 3.8) is 0 Å². The van der Waals surface area contributed by atoms with Crippen LogP contribution in [0.4, 0.5) is 19.0 Å². The zero-order chi connectivity index (χ0) is 22.3. The molecule has 0 fully saturated rings. The molecule has 0 saturated heterocycles. The first kappa shape index (κ1) is 20.2. The Kier molecular flexibility index (Phi) is 4.91. The Balaban J connectivity index is 1.49. The molecule has 3 aromatic rings. The molecule has 5 rings (SSSR count). The van der Waals surface area contributed by atoms with Gasteiger partial charge in [0.05, 0.1) is 0 Å². The molecule has 1 unspecified atom stereocenters. The maximum absolute atomic E-state index is 13.6. The topological polar surface area (TPSA) is 77.4 Å². The summed E-state index contributed by atoms with van der Waals surface area (Å²) in [7, 11) is 0. The molecule has 7 nitrogen and oxygen atoms in total. The van der Waals surface area contributed by atoms with E-state index < -0.39 is 18.1 Å². The van der Waals surface area contributed by atoms with Gasteiger partial charge in [0.15, 0.2) is 17.5 Å². The molecule has 2 aliphatic rings. The van der Waals surface area contributed by atoms with Crippen molar-refractivity contribution in [2.75, 3.05) is 18.7 Å². The lowest BCUT2D eigenvalue weighted by atomic mass is 10.1. The molecule has 0 aliphatic carbocycles. The zero-order valence-corrected chi connectivity index (χ0v) is 16.8. The van der Waals surface area contributed by atoms with Crippen LogP contribution in [0.25, 0.3) is 11.3 Å². The van der Waals surface area contributed by atoms with Gasteiger partial charge in [-0.25, -0.2) is 4.68 Å². The molecule has 32 heavy (non-hydrogen) atoms. The summed E-state index contributed by atoms with van der Waals surface area (Å²) >= 11 is 0. The van der Waals surface area contributed by atoms with Crippen molar-refractivity contribution >= 4 is 11.7 Å². The summed E-state index contributed by atoms with van der Waals surface area (Å²) in [6.07, 6.45) is -4.64. The van der Waals surface area contributed by atoms with E-state index in [1.165, 1.54) is 0 Å². The average Bonchev–Trinajstić information content (AvgIpc) is 3.41. The van der Waals surface area contributed by atoms with E-state index in [9.17, 15) is 18.0 Å². The Bertz CT molecular complexity index is 1160. The molecule has 2 aliphatic heterocycles. The van der Waals surface area contributed by atoms with Crippen LogP contribution in [0.5, 0.6) is 11.5 Å². The smallest absolute Gasteiger partial charge is 0.410 e. The number of ether oxygens (including phenoxy) is 2. The minimum atomic E-state index is -4.48. The van der Waals surface area contributed by atoms with Crippen LogP contribution in [-0.4, -0.2) is 35.2 Å². The summed E-state index contributed by atoms with van der Waals surface area (Å²) in [6, 6.07) is 12.2. The number of nitrogens with zero attached hydrogens (tertiary/aromatic N) is 2. The second kappa shape index (κ2) is 7.77. The predicted molar refractivity (Wildman–Crippen MR) is 110 cm³/mol. The van der Waals surface area contributed by atoms with Gasteiger partial charge in [-0.2, -0.15) is 18.3 Å². The predicted octanol–water partition coefficient (Wildman–Crippen LogP) is 4.13. The number of benzene rings is 2. The molecule has 166 valence electrons. The highest BCUT2D eigenvalue weighted by atomic mass is 19.4. The normalized spacial score (nSPS) is 16.9. The molecular formula is C22H19F3N4O3. The number of hydrogen-bond donors (Lipinski definition) is 2. The van der Waals surface area contributed by atoms with Gasteiger partial charge >= 0.3 is 6.18 Å². The summed E-state index contributed by atoms with van der Waals surface area (Å²) in [4.78, 5) is 13.2. The lowest BCUT2D eigenvalue weighted by Crippen LogP contribution is -2.34. The standard InChI is InChI=1S/C22H19F3N4O3/c23-22(24,25)17-8-9-26-20-18(19(28-29(17)20)14-4-2-1-3-5-14)21(30)27-11-13-6-7-15-16(10-13)32-12-31-15/h1-7,10,17,26H,8-9,11-12H2,(H,27,30). The van der Waals surface area contributed by atoms with Crippen molar-refractivity contribution in [1.29, 1.82) is 0 Å². The van der Waals surface area contributed by atoms with Crippen molar-refractivity contribution in [3.05, 3.63) is 59.7 Å². The van der Waals surface area contributed by atoms with Crippen LogP contribution in [0, 0.1) is 0 Å². The molecule has 0 saturated carbocycles. The highest BCUT2D eigenvalue weighted by Crippen LogP contribution is 2.41. The van der Waals surface area contributed by atoms with Crippen LogP contribution in [0.15, 0.2) is 48.5 Å². The molecule has 2 aromatic carbocycles. The number of halogens is 3. The second-order valence-corrected chi connectivity index (χ2v) is 7.53. The summed E-state index contributed by atoms with van der Waals surface area (Å²) in [5.74, 6) is 0.762. The van der Waals surface area contributed by atoms with Gasteiger partial charge in [0.2, 0.25) is 6.79 Å². The van der Waals surface area contributed by atoms with E-state index in [1.54, 1.807) is 48.5 Å². The molecule has 0 radical (unpaired) electrons. The Labute approximate surface area is 181 Å². The first-order valence-corrected chi connectivity index (χ1v) is 10.1. The van der Waals surface area contributed by atoms with Crippen molar-refractivity contribution in [3.8, 4) is 22.8 Å². The minimum Gasteiger partial charge on any atom is -0.454 e. The van der Waals surface area contributed by atoms with Crippen molar-refractivity contribution < 1.29 is 27.4 Å². The number of carbonyl (C=O) groups is 1. The molecule has 1 atom stereocenters. The van der Waals surface area contributed by atoms with E-state index in [0.717, 1.165) is 10.2 Å². The fourth-order valence-electron chi connectivity index (χ4n) is 3.92. The van der Waals surface area contributed by atoms with E-state index in [2.05, 4.69) is 15.7 Å².